The number of nitrogens with two attached hydrogens (primary N) is 1. The minimum absolute atomic E-state index is 0.0931. The number of esters is 1. The van der Waals surface area contributed by atoms with Gasteiger partial charge in [0.15, 0.2) is 5.82 Å². The summed E-state index contributed by atoms with van der Waals surface area (Å²) in [7, 11) is 1.30. The Kier molecular flexibility index (Phi) is 4.37. The molecule has 21 heavy (non-hydrogen) atoms. The van der Waals surface area contributed by atoms with Crippen LogP contribution in [0.25, 0.3) is 5.69 Å². The van der Waals surface area contributed by atoms with Crippen molar-refractivity contribution in [1.29, 1.82) is 0 Å². The summed E-state index contributed by atoms with van der Waals surface area (Å²) in [6, 6.07) is 7.14. The molecule has 2 rings (SSSR count). The fraction of sp³-hybridized carbons (Fsp3) is 0.286. The highest BCUT2D eigenvalue weighted by atomic mass is 35.5. The maximum absolute atomic E-state index is 11.9. The molecule has 0 aliphatic carbocycles. The highest BCUT2D eigenvalue weighted by Gasteiger charge is 2.24. The summed E-state index contributed by atoms with van der Waals surface area (Å²) in [6.45, 7) is 3.88. The topological polar surface area (TPSA) is 82.2 Å². The third-order valence-electron chi connectivity index (χ3n) is 2.79. The Bertz CT molecular complexity index is 667. The molecule has 6 nitrogen and oxygen atoms in total. The van der Waals surface area contributed by atoms with E-state index in [0.29, 0.717) is 16.5 Å². The largest absolute Gasteiger partial charge is 0.465 e. The van der Waals surface area contributed by atoms with Crippen LogP contribution in [-0.2, 0) is 4.74 Å². The minimum atomic E-state index is -0.538. The molecule has 0 amide bonds. The third-order valence-corrected chi connectivity index (χ3v) is 3.02. The van der Waals surface area contributed by atoms with Crippen molar-refractivity contribution >= 4 is 29.2 Å². The van der Waals surface area contributed by atoms with Crippen LogP contribution in [0.1, 0.15) is 24.2 Å². The normalized spacial score (nSPS) is 10.7. The van der Waals surface area contributed by atoms with Crippen molar-refractivity contribution in [1.82, 2.24) is 9.78 Å². The molecule has 0 spiro atoms. The molecule has 3 N–H and O–H groups in total. The zero-order valence-electron chi connectivity index (χ0n) is 12.1. The second kappa shape index (κ2) is 6.05. The van der Waals surface area contributed by atoms with Gasteiger partial charge in [-0.25, -0.2) is 9.48 Å². The average molecular weight is 309 g/mol. The van der Waals surface area contributed by atoms with Crippen molar-refractivity contribution in [3.8, 4) is 5.69 Å². The summed E-state index contributed by atoms with van der Waals surface area (Å²) < 4.78 is 6.24. The van der Waals surface area contributed by atoms with E-state index >= 15 is 0 Å². The van der Waals surface area contributed by atoms with Crippen LogP contribution in [0.15, 0.2) is 24.3 Å². The molecule has 0 unspecified atom stereocenters. The van der Waals surface area contributed by atoms with E-state index in [-0.39, 0.29) is 17.4 Å². The number of carbonyl (C=O) groups is 1. The molecule has 0 radical (unpaired) electrons. The van der Waals surface area contributed by atoms with E-state index in [4.69, 9.17) is 22.1 Å². The second-order valence-corrected chi connectivity index (χ2v) is 5.23. The standard InChI is InChI=1S/C14H17ClN4O2/c1-8(2)17-13-11(14(20)21-3)12(16)19(18-13)10-6-4-5-9(15)7-10/h4-8H,16H2,1-3H3,(H,17,18). The number of nitrogens with one attached hydrogen (secondary N) is 1. The molecule has 0 bridgehead atoms. The fourth-order valence-corrected chi connectivity index (χ4v) is 2.10. The van der Waals surface area contributed by atoms with E-state index in [9.17, 15) is 4.79 Å². The van der Waals surface area contributed by atoms with Crippen LogP contribution in [0.2, 0.25) is 5.02 Å². The summed E-state index contributed by atoms with van der Waals surface area (Å²) >= 11 is 5.98. The molecule has 0 aliphatic heterocycles. The molecule has 1 heterocycles. The Hall–Kier alpha value is -2.21. The lowest BCUT2D eigenvalue weighted by atomic mass is 10.2. The van der Waals surface area contributed by atoms with Gasteiger partial charge in [0.05, 0.1) is 12.8 Å². The van der Waals surface area contributed by atoms with Crippen LogP contribution < -0.4 is 11.1 Å². The number of ether oxygens (including phenoxy) is 1. The van der Waals surface area contributed by atoms with E-state index in [0.717, 1.165) is 0 Å². The van der Waals surface area contributed by atoms with Crippen LogP contribution in [0, 0.1) is 0 Å². The van der Waals surface area contributed by atoms with E-state index in [1.807, 2.05) is 13.8 Å². The Morgan fingerprint density at radius 2 is 2.19 bits per heavy atom. The van der Waals surface area contributed by atoms with Crippen LogP contribution >= 0.6 is 11.6 Å². The number of rotatable bonds is 4. The number of aromatic nitrogens is 2. The van der Waals surface area contributed by atoms with Gasteiger partial charge in [0.25, 0.3) is 0 Å². The Morgan fingerprint density at radius 3 is 2.76 bits per heavy atom. The fourth-order valence-electron chi connectivity index (χ4n) is 1.91. The molecule has 0 aliphatic rings. The number of nitrogen functional groups attached to an aromatic ring is 1. The summed E-state index contributed by atoms with van der Waals surface area (Å²) in [4.78, 5) is 11.9. The summed E-state index contributed by atoms with van der Waals surface area (Å²) in [5.74, 6) is 0.0468. The van der Waals surface area contributed by atoms with Gasteiger partial charge < -0.3 is 15.8 Å². The van der Waals surface area contributed by atoms with Gasteiger partial charge >= 0.3 is 5.97 Å². The van der Waals surface area contributed by atoms with Gasteiger partial charge in [0.1, 0.15) is 11.4 Å². The van der Waals surface area contributed by atoms with Crippen LogP contribution in [-0.4, -0.2) is 28.9 Å². The maximum atomic E-state index is 11.9. The summed E-state index contributed by atoms with van der Waals surface area (Å²) in [5.41, 5.74) is 6.94. The average Bonchev–Trinajstić information content (AvgIpc) is 2.74. The number of hydrogen-bond donors (Lipinski definition) is 2. The van der Waals surface area contributed by atoms with Gasteiger partial charge in [-0.05, 0) is 32.0 Å². The molecule has 2 aromatic rings. The summed E-state index contributed by atoms with van der Waals surface area (Å²) in [6.07, 6.45) is 0. The maximum Gasteiger partial charge on any atom is 0.345 e. The number of halogens is 1. The Balaban J connectivity index is 2.58. The van der Waals surface area contributed by atoms with Gasteiger partial charge in [0.2, 0.25) is 0 Å². The molecule has 112 valence electrons. The van der Waals surface area contributed by atoms with Crippen LogP contribution in [0.5, 0.6) is 0 Å². The minimum Gasteiger partial charge on any atom is -0.465 e. The molecule has 0 atom stereocenters. The van der Waals surface area contributed by atoms with Gasteiger partial charge in [-0.1, -0.05) is 17.7 Å². The first-order chi connectivity index (χ1) is 9.93. The molecular formula is C14H17ClN4O2. The molecule has 1 aromatic carbocycles. The molecule has 0 saturated carbocycles. The third kappa shape index (κ3) is 3.11. The number of methoxy groups -OCH3 is 1. The lowest BCUT2D eigenvalue weighted by Crippen LogP contribution is -2.14. The molecule has 0 fully saturated rings. The number of carbonyl (C=O) groups excluding carboxylic acids is 1. The first kappa shape index (κ1) is 15.2. The highest BCUT2D eigenvalue weighted by Crippen LogP contribution is 2.27. The molecule has 1 aromatic heterocycles. The van der Waals surface area contributed by atoms with Crippen molar-refractivity contribution in [3.63, 3.8) is 0 Å². The first-order valence-electron chi connectivity index (χ1n) is 6.43. The van der Waals surface area contributed by atoms with Crippen molar-refractivity contribution in [2.45, 2.75) is 19.9 Å². The number of benzene rings is 1. The van der Waals surface area contributed by atoms with Crippen LogP contribution in [0.4, 0.5) is 11.6 Å². The van der Waals surface area contributed by atoms with E-state index in [2.05, 4.69) is 10.4 Å². The van der Waals surface area contributed by atoms with Gasteiger partial charge in [-0.2, -0.15) is 0 Å². The van der Waals surface area contributed by atoms with E-state index < -0.39 is 5.97 Å². The van der Waals surface area contributed by atoms with Crippen molar-refractivity contribution in [2.24, 2.45) is 0 Å². The van der Waals surface area contributed by atoms with E-state index in [1.165, 1.54) is 11.8 Å². The highest BCUT2D eigenvalue weighted by molar-refractivity contribution is 6.30. The zero-order valence-corrected chi connectivity index (χ0v) is 12.8. The Labute approximate surface area is 127 Å². The second-order valence-electron chi connectivity index (χ2n) is 4.79. The Morgan fingerprint density at radius 1 is 1.48 bits per heavy atom. The van der Waals surface area contributed by atoms with Crippen molar-refractivity contribution < 1.29 is 9.53 Å². The van der Waals surface area contributed by atoms with Gasteiger partial charge in [0, 0.05) is 11.1 Å². The SMILES string of the molecule is COC(=O)c1c(NC(C)C)nn(-c2cccc(Cl)c2)c1N. The lowest BCUT2D eigenvalue weighted by molar-refractivity contribution is 0.0603. The number of hydrogen-bond acceptors (Lipinski definition) is 5. The summed E-state index contributed by atoms with van der Waals surface area (Å²) in [5, 5.41) is 8.00. The van der Waals surface area contributed by atoms with Crippen molar-refractivity contribution in [3.05, 3.63) is 34.9 Å². The van der Waals surface area contributed by atoms with Crippen LogP contribution in [0.3, 0.4) is 0 Å². The lowest BCUT2D eigenvalue weighted by Gasteiger charge is -2.07. The molecular weight excluding hydrogens is 292 g/mol. The predicted octanol–water partition coefficient (Wildman–Crippen LogP) is 2.71. The molecule has 7 heteroatoms. The first-order valence-corrected chi connectivity index (χ1v) is 6.81. The quantitative estimate of drug-likeness (QED) is 0.849. The zero-order chi connectivity index (χ0) is 15.6. The van der Waals surface area contributed by atoms with Crippen molar-refractivity contribution in [2.75, 3.05) is 18.2 Å². The smallest absolute Gasteiger partial charge is 0.345 e. The number of nitrogens with zero attached hydrogens (tertiary/aromatic N) is 2. The monoisotopic (exact) mass is 308 g/mol. The number of anilines is 2. The van der Waals surface area contributed by atoms with E-state index in [1.54, 1.807) is 24.3 Å². The predicted molar refractivity (Wildman–Crippen MR) is 83.1 cm³/mol. The van der Waals surface area contributed by atoms with Gasteiger partial charge in [-0.15, -0.1) is 5.10 Å². The van der Waals surface area contributed by atoms with Gasteiger partial charge in [-0.3, -0.25) is 0 Å². The molecule has 0 saturated heterocycles.